The van der Waals surface area contributed by atoms with Gasteiger partial charge in [-0.1, -0.05) is 6.07 Å². The van der Waals surface area contributed by atoms with Gasteiger partial charge < -0.3 is 4.74 Å². The van der Waals surface area contributed by atoms with Gasteiger partial charge in [-0.25, -0.2) is 0 Å². The van der Waals surface area contributed by atoms with Crippen molar-refractivity contribution in [3.05, 3.63) is 29.8 Å². The van der Waals surface area contributed by atoms with Gasteiger partial charge in [-0.05, 0) is 24.5 Å². The lowest BCUT2D eigenvalue weighted by Crippen LogP contribution is -1.91. The van der Waals surface area contributed by atoms with Crippen LogP contribution in [0, 0.1) is 11.3 Å². The van der Waals surface area contributed by atoms with Crippen molar-refractivity contribution >= 4 is 11.8 Å². The van der Waals surface area contributed by atoms with E-state index in [0.29, 0.717) is 11.5 Å². The molecular formula is C9H9NOS. The van der Waals surface area contributed by atoms with Crippen LogP contribution in [0.2, 0.25) is 0 Å². The summed E-state index contributed by atoms with van der Waals surface area (Å²) in [6, 6.07) is 9.20. The fourth-order valence-electron chi connectivity index (χ4n) is 0.782. The van der Waals surface area contributed by atoms with Crippen molar-refractivity contribution in [2.45, 2.75) is 0 Å². The van der Waals surface area contributed by atoms with Crippen molar-refractivity contribution in [2.24, 2.45) is 0 Å². The van der Waals surface area contributed by atoms with E-state index in [9.17, 15) is 0 Å². The topological polar surface area (TPSA) is 33.0 Å². The Bertz CT molecular complexity index is 293. The van der Waals surface area contributed by atoms with Crippen molar-refractivity contribution in [1.82, 2.24) is 0 Å². The van der Waals surface area contributed by atoms with E-state index in [1.54, 1.807) is 23.9 Å². The molecule has 0 unspecified atom stereocenters. The summed E-state index contributed by atoms with van der Waals surface area (Å²) in [7, 11) is 0. The largest absolute Gasteiger partial charge is 0.483 e. The number of thioether (sulfide) groups is 1. The fourth-order valence-corrected chi connectivity index (χ4v) is 1.04. The van der Waals surface area contributed by atoms with Crippen LogP contribution in [-0.2, 0) is 0 Å². The zero-order chi connectivity index (χ0) is 8.81. The Kier molecular flexibility index (Phi) is 3.49. The van der Waals surface area contributed by atoms with Crippen LogP contribution in [0.25, 0.3) is 0 Å². The Labute approximate surface area is 76.2 Å². The molecule has 0 bridgehead atoms. The van der Waals surface area contributed by atoms with Crippen molar-refractivity contribution in [2.75, 3.05) is 12.2 Å². The van der Waals surface area contributed by atoms with Gasteiger partial charge in [-0.2, -0.15) is 5.26 Å². The average Bonchev–Trinajstić information content (AvgIpc) is 2.15. The first-order valence-electron chi connectivity index (χ1n) is 3.48. The highest BCUT2D eigenvalue weighted by molar-refractivity contribution is 7.98. The summed E-state index contributed by atoms with van der Waals surface area (Å²) in [5.41, 5.74) is 0.633. The Morgan fingerprint density at radius 3 is 3.08 bits per heavy atom. The predicted octanol–water partition coefficient (Wildman–Crippen LogP) is 2.26. The third-order valence-electron chi connectivity index (χ3n) is 1.31. The summed E-state index contributed by atoms with van der Waals surface area (Å²) in [5, 5.41) is 8.58. The van der Waals surface area contributed by atoms with Gasteiger partial charge in [0.1, 0.15) is 11.7 Å². The minimum Gasteiger partial charge on any atom is -0.483 e. The maximum absolute atomic E-state index is 8.58. The molecule has 1 aromatic carbocycles. The first-order valence-corrected chi connectivity index (χ1v) is 4.88. The molecule has 0 atom stereocenters. The van der Waals surface area contributed by atoms with Gasteiger partial charge in [0.15, 0.2) is 0 Å². The van der Waals surface area contributed by atoms with E-state index >= 15 is 0 Å². The minimum absolute atomic E-state index is 0.620. The van der Waals surface area contributed by atoms with Crippen LogP contribution in [-0.4, -0.2) is 12.2 Å². The number of ether oxygens (including phenoxy) is 1. The highest BCUT2D eigenvalue weighted by atomic mass is 32.2. The van der Waals surface area contributed by atoms with Gasteiger partial charge in [0.25, 0.3) is 0 Å². The molecule has 12 heavy (non-hydrogen) atoms. The maximum Gasteiger partial charge on any atom is 0.133 e. The second kappa shape index (κ2) is 4.68. The zero-order valence-corrected chi connectivity index (χ0v) is 7.60. The number of hydrogen-bond donors (Lipinski definition) is 0. The Balaban J connectivity index is 2.68. The number of benzene rings is 1. The summed E-state index contributed by atoms with van der Waals surface area (Å²) < 4.78 is 5.31. The minimum atomic E-state index is 0.620. The summed E-state index contributed by atoms with van der Waals surface area (Å²) in [6.45, 7) is 0. The SMILES string of the molecule is CSCOc1cccc(C#N)c1. The van der Waals surface area contributed by atoms with E-state index < -0.39 is 0 Å². The van der Waals surface area contributed by atoms with Crippen molar-refractivity contribution in [3.8, 4) is 11.8 Å². The summed E-state index contributed by atoms with van der Waals surface area (Å²) in [5.74, 6) is 1.37. The van der Waals surface area contributed by atoms with E-state index in [2.05, 4.69) is 6.07 Å². The predicted molar refractivity (Wildman–Crippen MR) is 50.2 cm³/mol. The van der Waals surface area contributed by atoms with Gasteiger partial charge in [0.05, 0.1) is 11.6 Å². The van der Waals surface area contributed by atoms with Crippen molar-refractivity contribution < 1.29 is 4.74 Å². The quantitative estimate of drug-likeness (QED) is 0.667. The molecule has 0 heterocycles. The Hall–Kier alpha value is -1.14. The van der Waals surface area contributed by atoms with Gasteiger partial charge in [-0.3, -0.25) is 0 Å². The van der Waals surface area contributed by atoms with E-state index in [4.69, 9.17) is 10.00 Å². The molecule has 0 N–H and O–H groups in total. The number of rotatable bonds is 3. The smallest absolute Gasteiger partial charge is 0.133 e. The van der Waals surface area contributed by atoms with Crippen LogP contribution in [0.5, 0.6) is 5.75 Å². The normalized spacial score (nSPS) is 9.00. The molecule has 0 fully saturated rings. The van der Waals surface area contributed by atoms with Crippen LogP contribution in [0.1, 0.15) is 5.56 Å². The first-order chi connectivity index (χ1) is 5.86. The zero-order valence-electron chi connectivity index (χ0n) is 6.78. The Morgan fingerprint density at radius 1 is 1.58 bits per heavy atom. The van der Waals surface area contributed by atoms with Crippen LogP contribution in [0.3, 0.4) is 0 Å². The van der Waals surface area contributed by atoms with Gasteiger partial charge in [-0.15, -0.1) is 11.8 Å². The monoisotopic (exact) mass is 179 g/mol. The van der Waals surface area contributed by atoms with E-state index in [0.717, 1.165) is 5.75 Å². The second-order valence-corrected chi connectivity index (χ2v) is 3.00. The molecule has 3 heteroatoms. The Morgan fingerprint density at radius 2 is 2.42 bits per heavy atom. The molecular weight excluding hydrogens is 170 g/mol. The molecule has 1 aromatic rings. The maximum atomic E-state index is 8.58. The van der Waals surface area contributed by atoms with Gasteiger partial charge in [0.2, 0.25) is 0 Å². The van der Waals surface area contributed by atoms with E-state index in [1.807, 2.05) is 18.4 Å². The van der Waals surface area contributed by atoms with Crippen LogP contribution >= 0.6 is 11.8 Å². The lowest BCUT2D eigenvalue weighted by atomic mass is 10.2. The molecule has 0 saturated heterocycles. The third kappa shape index (κ3) is 2.48. The fraction of sp³-hybridized carbons (Fsp3) is 0.222. The number of hydrogen-bond acceptors (Lipinski definition) is 3. The van der Waals surface area contributed by atoms with Crippen LogP contribution in [0.4, 0.5) is 0 Å². The molecule has 2 nitrogen and oxygen atoms in total. The van der Waals surface area contributed by atoms with Gasteiger partial charge >= 0.3 is 0 Å². The average molecular weight is 179 g/mol. The molecule has 0 saturated carbocycles. The third-order valence-corrected chi connectivity index (χ3v) is 1.66. The lowest BCUT2D eigenvalue weighted by molar-refractivity contribution is 0.393. The molecule has 0 aliphatic carbocycles. The molecule has 0 amide bonds. The molecule has 0 aliphatic heterocycles. The van der Waals surface area contributed by atoms with E-state index in [-0.39, 0.29) is 0 Å². The lowest BCUT2D eigenvalue weighted by Gasteiger charge is -2.02. The standard InChI is InChI=1S/C9H9NOS/c1-12-7-11-9-4-2-3-8(5-9)6-10/h2-5H,7H2,1H3. The van der Waals surface area contributed by atoms with Crippen LogP contribution in [0.15, 0.2) is 24.3 Å². The number of nitriles is 1. The van der Waals surface area contributed by atoms with Crippen molar-refractivity contribution in [3.63, 3.8) is 0 Å². The highest BCUT2D eigenvalue weighted by Gasteiger charge is 1.93. The summed E-state index contributed by atoms with van der Waals surface area (Å²) >= 11 is 1.60. The molecule has 62 valence electrons. The summed E-state index contributed by atoms with van der Waals surface area (Å²) in [4.78, 5) is 0. The van der Waals surface area contributed by atoms with E-state index in [1.165, 1.54) is 0 Å². The molecule has 0 spiro atoms. The summed E-state index contributed by atoms with van der Waals surface area (Å²) in [6.07, 6.45) is 1.97. The van der Waals surface area contributed by atoms with Crippen molar-refractivity contribution in [1.29, 1.82) is 5.26 Å². The molecule has 0 radical (unpaired) electrons. The number of nitrogens with zero attached hydrogens (tertiary/aromatic N) is 1. The second-order valence-electron chi connectivity index (χ2n) is 2.19. The van der Waals surface area contributed by atoms with Crippen LogP contribution < -0.4 is 4.74 Å². The molecule has 0 aliphatic rings. The highest BCUT2D eigenvalue weighted by Crippen LogP contribution is 2.13. The molecule has 0 aromatic heterocycles. The molecule has 1 rings (SSSR count). The van der Waals surface area contributed by atoms with Gasteiger partial charge in [0, 0.05) is 0 Å². The first kappa shape index (κ1) is 8.95.